The highest BCUT2D eigenvalue weighted by Crippen LogP contribution is 2.45. The quantitative estimate of drug-likeness (QED) is 0.131. The number of fused-ring (bicyclic) bond motifs is 5. The van der Waals surface area contributed by atoms with Gasteiger partial charge in [0.25, 0.3) is 0 Å². The third-order valence-corrected chi connectivity index (χ3v) is 8.98. The van der Waals surface area contributed by atoms with Crippen LogP contribution in [0.5, 0.6) is 0 Å². The van der Waals surface area contributed by atoms with Crippen molar-refractivity contribution >= 4 is 55.3 Å². The number of aromatic nitrogens is 3. The van der Waals surface area contributed by atoms with Crippen LogP contribution in [0.4, 0.5) is 0 Å². The van der Waals surface area contributed by atoms with Crippen LogP contribution >= 0.6 is 34.9 Å². The summed E-state index contributed by atoms with van der Waals surface area (Å²) in [6, 6.07) is 14.5. The molecule has 0 N–H and O–H groups in total. The number of thiophene rings is 1. The Hall–Kier alpha value is -2.39. The summed E-state index contributed by atoms with van der Waals surface area (Å²) in [5, 5.41) is 2.99. The second kappa shape index (κ2) is 9.24. The minimum atomic E-state index is -0.251. The van der Waals surface area contributed by atoms with E-state index in [0.717, 1.165) is 66.2 Å². The molecule has 178 valence electrons. The molecular formula is C27H25N3O2S3. The molecule has 4 aromatic heterocycles. The lowest BCUT2D eigenvalue weighted by Gasteiger charge is -2.32. The van der Waals surface area contributed by atoms with E-state index in [9.17, 15) is 0 Å². The summed E-state index contributed by atoms with van der Waals surface area (Å²) in [5.74, 6) is 1.74. The fourth-order valence-corrected chi connectivity index (χ4v) is 7.21. The Kier molecular flexibility index (Phi) is 6.08. The molecule has 0 fully saturated rings. The van der Waals surface area contributed by atoms with Crippen LogP contribution in [0, 0.1) is 0 Å². The summed E-state index contributed by atoms with van der Waals surface area (Å²) in [5.41, 5.74) is 5.35. The monoisotopic (exact) mass is 519 g/mol. The summed E-state index contributed by atoms with van der Waals surface area (Å²) in [7, 11) is 0. The van der Waals surface area contributed by atoms with E-state index in [0.29, 0.717) is 6.61 Å². The van der Waals surface area contributed by atoms with E-state index >= 15 is 0 Å². The molecule has 1 aliphatic rings. The molecule has 5 aromatic rings. The summed E-state index contributed by atoms with van der Waals surface area (Å²) in [6.07, 6.45) is 5.53. The molecule has 1 aliphatic heterocycles. The number of benzene rings is 1. The van der Waals surface area contributed by atoms with E-state index in [1.165, 1.54) is 11.1 Å². The normalized spacial score (nSPS) is 15.1. The van der Waals surface area contributed by atoms with E-state index in [2.05, 4.69) is 44.2 Å². The molecular weight excluding hydrogens is 495 g/mol. The minimum Gasteiger partial charge on any atom is -0.463 e. The molecule has 0 saturated heterocycles. The third kappa shape index (κ3) is 4.37. The Morgan fingerprint density at radius 2 is 1.89 bits per heavy atom. The molecule has 5 nitrogen and oxygen atoms in total. The fourth-order valence-electron chi connectivity index (χ4n) is 4.55. The van der Waals surface area contributed by atoms with Crippen molar-refractivity contribution in [3.05, 3.63) is 65.4 Å². The van der Waals surface area contributed by atoms with Crippen molar-refractivity contribution in [1.82, 2.24) is 15.0 Å². The number of rotatable bonds is 6. The number of aryl methyl sites for hydroxylation is 1. The van der Waals surface area contributed by atoms with Crippen molar-refractivity contribution in [3.8, 4) is 11.5 Å². The Morgan fingerprint density at radius 1 is 1.03 bits per heavy atom. The van der Waals surface area contributed by atoms with E-state index in [1.54, 1.807) is 41.1 Å². The van der Waals surface area contributed by atoms with Crippen LogP contribution < -0.4 is 0 Å². The van der Waals surface area contributed by atoms with Gasteiger partial charge in [0.15, 0.2) is 10.9 Å². The van der Waals surface area contributed by atoms with Crippen LogP contribution in [0.2, 0.25) is 0 Å². The van der Waals surface area contributed by atoms with Gasteiger partial charge in [-0.05, 0) is 49.8 Å². The Bertz CT molecular complexity index is 1510. The van der Waals surface area contributed by atoms with Gasteiger partial charge in [-0.1, -0.05) is 42.1 Å². The van der Waals surface area contributed by atoms with Crippen LogP contribution in [-0.2, 0) is 24.2 Å². The highest BCUT2D eigenvalue weighted by Gasteiger charge is 2.32. The van der Waals surface area contributed by atoms with Crippen molar-refractivity contribution in [2.45, 2.75) is 49.1 Å². The maximum atomic E-state index is 6.21. The number of hydrogen-bond donors (Lipinski definition) is 0. The molecule has 0 spiro atoms. The maximum Gasteiger partial charge on any atom is 0.189 e. The number of furan rings is 1. The fraction of sp³-hybridized carbons (Fsp3) is 0.296. The molecule has 0 amide bonds. The van der Waals surface area contributed by atoms with E-state index in [4.69, 9.17) is 24.1 Å². The standard InChI is InChI=1S/C27H25N3O2S3/c1-27(2)14-17-18(15-32-27)21(19-10-7-12-31-19)28-24-20(17)22-23(35-24)25(30-26(29-22)33-3)34-13-11-16-8-5-4-6-9-16/h4-10,12H,11,13-15H2,1-3H3. The van der Waals surface area contributed by atoms with Crippen molar-refractivity contribution in [3.63, 3.8) is 0 Å². The van der Waals surface area contributed by atoms with Gasteiger partial charge in [-0.25, -0.2) is 15.0 Å². The minimum absolute atomic E-state index is 0.251. The second-order valence-corrected chi connectivity index (χ2v) is 12.0. The lowest BCUT2D eigenvalue weighted by Crippen LogP contribution is -2.32. The first-order valence-electron chi connectivity index (χ1n) is 11.6. The van der Waals surface area contributed by atoms with Crippen molar-refractivity contribution in [2.75, 3.05) is 12.0 Å². The van der Waals surface area contributed by atoms with Gasteiger partial charge in [-0.15, -0.1) is 23.1 Å². The Balaban J connectivity index is 1.51. The van der Waals surface area contributed by atoms with Gasteiger partial charge in [0.05, 0.1) is 28.7 Å². The van der Waals surface area contributed by atoms with Gasteiger partial charge in [0, 0.05) is 23.1 Å². The smallest absolute Gasteiger partial charge is 0.189 e. The molecule has 6 rings (SSSR count). The van der Waals surface area contributed by atoms with Gasteiger partial charge in [-0.3, -0.25) is 0 Å². The van der Waals surface area contributed by atoms with E-state index in [1.807, 2.05) is 18.4 Å². The molecule has 0 atom stereocenters. The summed E-state index contributed by atoms with van der Waals surface area (Å²) in [6.45, 7) is 4.81. The van der Waals surface area contributed by atoms with Crippen LogP contribution in [-0.4, -0.2) is 32.6 Å². The van der Waals surface area contributed by atoms with Crippen LogP contribution in [0.1, 0.15) is 30.5 Å². The molecule has 0 aliphatic carbocycles. The number of hydrogen-bond acceptors (Lipinski definition) is 8. The summed E-state index contributed by atoms with van der Waals surface area (Å²) >= 11 is 5.08. The average Bonchev–Trinajstić information content (AvgIpc) is 3.51. The van der Waals surface area contributed by atoms with E-state index < -0.39 is 0 Å². The summed E-state index contributed by atoms with van der Waals surface area (Å²) < 4.78 is 13.1. The van der Waals surface area contributed by atoms with Crippen molar-refractivity contribution in [1.29, 1.82) is 0 Å². The maximum absolute atomic E-state index is 6.21. The Morgan fingerprint density at radius 3 is 2.66 bits per heavy atom. The largest absolute Gasteiger partial charge is 0.463 e. The van der Waals surface area contributed by atoms with Gasteiger partial charge in [0.1, 0.15) is 15.6 Å². The third-order valence-electron chi connectivity index (χ3n) is 6.25. The highest BCUT2D eigenvalue weighted by atomic mass is 32.2. The summed E-state index contributed by atoms with van der Waals surface area (Å²) in [4.78, 5) is 16.0. The number of thioether (sulfide) groups is 2. The molecule has 0 saturated carbocycles. The van der Waals surface area contributed by atoms with Crippen molar-refractivity contribution < 1.29 is 9.15 Å². The molecule has 5 heterocycles. The second-order valence-electron chi connectivity index (χ2n) is 9.18. The van der Waals surface area contributed by atoms with Crippen LogP contribution in [0.3, 0.4) is 0 Å². The molecule has 1 aromatic carbocycles. The SMILES string of the molecule is CSc1nc(SCCc2ccccc2)c2sc3nc(-c4ccco4)c4c(c3c2n1)CC(C)(C)OC4. The van der Waals surface area contributed by atoms with Crippen LogP contribution in [0.15, 0.2) is 63.3 Å². The molecule has 0 unspecified atom stereocenters. The first kappa shape index (κ1) is 23.0. The Labute approximate surface area is 216 Å². The first-order chi connectivity index (χ1) is 17.0. The number of pyridine rings is 1. The lowest BCUT2D eigenvalue weighted by atomic mass is 9.89. The zero-order valence-corrected chi connectivity index (χ0v) is 22.3. The van der Waals surface area contributed by atoms with Gasteiger partial charge >= 0.3 is 0 Å². The topological polar surface area (TPSA) is 61.0 Å². The van der Waals surface area contributed by atoms with E-state index in [-0.39, 0.29) is 5.60 Å². The van der Waals surface area contributed by atoms with Crippen LogP contribution in [0.25, 0.3) is 31.9 Å². The predicted octanol–water partition coefficient (Wildman–Crippen LogP) is 7.41. The average molecular weight is 520 g/mol. The molecule has 0 bridgehead atoms. The number of nitrogens with zero attached hydrogens (tertiary/aromatic N) is 3. The zero-order chi connectivity index (χ0) is 24.0. The van der Waals surface area contributed by atoms with Crippen molar-refractivity contribution in [2.24, 2.45) is 0 Å². The van der Waals surface area contributed by atoms with Gasteiger partial charge < -0.3 is 9.15 Å². The van der Waals surface area contributed by atoms with Gasteiger partial charge in [-0.2, -0.15) is 0 Å². The first-order valence-corrected chi connectivity index (χ1v) is 14.6. The zero-order valence-electron chi connectivity index (χ0n) is 19.8. The number of ether oxygens (including phenoxy) is 1. The molecule has 0 radical (unpaired) electrons. The molecule has 35 heavy (non-hydrogen) atoms. The van der Waals surface area contributed by atoms with Gasteiger partial charge in [0.2, 0.25) is 0 Å². The molecule has 8 heteroatoms. The highest BCUT2D eigenvalue weighted by molar-refractivity contribution is 7.99. The lowest BCUT2D eigenvalue weighted by molar-refractivity contribution is -0.0395. The predicted molar refractivity (Wildman–Crippen MR) is 146 cm³/mol.